The van der Waals surface area contributed by atoms with Crippen molar-refractivity contribution in [2.75, 3.05) is 6.61 Å². The Hall–Kier alpha value is -1.39. The Bertz CT molecular complexity index is 310. The van der Waals surface area contributed by atoms with E-state index in [2.05, 4.69) is 4.74 Å². The topological polar surface area (TPSA) is 66.8 Å². The Morgan fingerprint density at radius 2 is 1.93 bits per heavy atom. The fourth-order valence-corrected chi connectivity index (χ4v) is 1.19. The summed E-state index contributed by atoms with van der Waals surface area (Å²) in [5, 5.41) is 19.1. The summed E-state index contributed by atoms with van der Waals surface area (Å²) in [6.45, 7) is 1.82. The largest absolute Gasteiger partial charge is 0.464 e. The van der Waals surface area contributed by atoms with Crippen LogP contribution >= 0.6 is 0 Å². The average molecular weight is 210 g/mol. The van der Waals surface area contributed by atoms with Crippen LogP contribution in [-0.2, 0) is 9.53 Å². The van der Waals surface area contributed by atoms with Gasteiger partial charge in [0, 0.05) is 0 Å². The number of hydrogen-bond donors (Lipinski definition) is 2. The molecule has 0 amide bonds. The highest BCUT2D eigenvalue weighted by Crippen LogP contribution is 2.17. The van der Waals surface area contributed by atoms with Gasteiger partial charge < -0.3 is 14.9 Å². The summed E-state index contributed by atoms with van der Waals surface area (Å²) in [6.07, 6.45) is -2.78. The molecule has 15 heavy (non-hydrogen) atoms. The van der Waals surface area contributed by atoms with Crippen LogP contribution in [0, 0.1) is 0 Å². The van der Waals surface area contributed by atoms with Gasteiger partial charge in [0.05, 0.1) is 6.61 Å². The standard InChI is InChI=1S/C11H14O4/c1-2-15-11(14)10(13)9(12)8-6-4-3-5-7-8/h3-7,9-10,12-13H,2H2,1H3/t9-,10-/m0/s1. The molecule has 1 aromatic carbocycles. The SMILES string of the molecule is CCOC(=O)[C@@H](O)[C@@H](O)c1ccccc1. The highest BCUT2D eigenvalue weighted by Gasteiger charge is 2.26. The van der Waals surface area contributed by atoms with Crippen molar-refractivity contribution in [1.29, 1.82) is 0 Å². The quantitative estimate of drug-likeness (QED) is 0.716. The van der Waals surface area contributed by atoms with E-state index in [0.29, 0.717) is 5.56 Å². The minimum absolute atomic E-state index is 0.178. The summed E-state index contributed by atoms with van der Waals surface area (Å²) in [7, 11) is 0. The van der Waals surface area contributed by atoms with Crippen LogP contribution in [0.25, 0.3) is 0 Å². The summed E-state index contributed by atoms with van der Waals surface area (Å²) in [6, 6.07) is 8.49. The molecule has 2 atom stereocenters. The summed E-state index contributed by atoms with van der Waals surface area (Å²) in [5.74, 6) is -0.811. The summed E-state index contributed by atoms with van der Waals surface area (Å²) in [5.41, 5.74) is 0.484. The summed E-state index contributed by atoms with van der Waals surface area (Å²) in [4.78, 5) is 11.1. The van der Waals surface area contributed by atoms with Gasteiger partial charge in [0.1, 0.15) is 6.10 Å². The average Bonchev–Trinajstić information content (AvgIpc) is 2.28. The van der Waals surface area contributed by atoms with E-state index in [4.69, 9.17) is 0 Å². The predicted octanol–water partition coefficient (Wildman–Crippen LogP) is 0.644. The first-order chi connectivity index (χ1) is 7.16. The van der Waals surface area contributed by atoms with Gasteiger partial charge in [0.15, 0.2) is 6.10 Å². The van der Waals surface area contributed by atoms with Crippen LogP contribution in [0.4, 0.5) is 0 Å². The van der Waals surface area contributed by atoms with Crippen LogP contribution in [0.2, 0.25) is 0 Å². The lowest BCUT2D eigenvalue weighted by molar-refractivity contribution is -0.159. The fourth-order valence-electron chi connectivity index (χ4n) is 1.19. The van der Waals surface area contributed by atoms with Crippen molar-refractivity contribution < 1.29 is 19.7 Å². The molecule has 4 nitrogen and oxygen atoms in total. The molecule has 0 aliphatic carbocycles. The Labute approximate surface area is 88.1 Å². The number of rotatable bonds is 4. The monoisotopic (exact) mass is 210 g/mol. The zero-order valence-corrected chi connectivity index (χ0v) is 8.46. The second kappa shape index (κ2) is 5.48. The van der Waals surface area contributed by atoms with Gasteiger partial charge in [0.25, 0.3) is 0 Å². The maximum Gasteiger partial charge on any atom is 0.338 e. The Morgan fingerprint density at radius 3 is 2.47 bits per heavy atom. The van der Waals surface area contributed by atoms with E-state index in [-0.39, 0.29) is 6.61 Å². The molecule has 0 spiro atoms. The van der Waals surface area contributed by atoms with Crippen molar-refractivity contribution in [2.24, 2.45) is 0 Å². The molecule has 0 bridgehead atoms. The lowest BCUT2D eigenvalue weighted by Gasteiger charge is -2.16. The Balaban J connectivity index is 2.68. The van der Waals surface area contributed by atoms with Crippen molar-refractivity contribution in [3.05, 3.63) is 35.9 Å². The molecule has 1 aromatic rings. The number of carbonyl (C=O) groups excluding carboxylic acids is 1. The molecule has 0 radical (unpaired) electrons. The van der Waals surface area contributed by atoms with E-state index >= 15 is 0 Å². The molecule has 82 valence electrons. The number of aliphatic hydroxyl groups is 2. The molecule has 0 aliphatic heterocycles. The molecule has 0 heterocycles. The van der Waals surface area contributed by atoms with Crippen LogP contribution in [0.1, 0.15) is 18.6 Å². The number of carbonyl (C=O) groups is 1. The van der Waals surface area contributed by atoms with Crippen molar-refractivity contribution in [2.45, 2.75) is 19.1 Å². The summed E-state index contributed by atoms with van der Waals surface area (Å²) < 4.78 is 4.60. The van der Waals surface area contributed by atoms with Crippen LogP contribution in [0.3, 0.4) is 0 Å². The minimum Gasteiger partial charge on any atom is -0.464 e. The number of esters is 1. The van der Waals surface area contributed by atoms with Crippen LogP contribution in [-0.4, -0.2) is 28.9 Å². The van der Waals surface area contributed by atoms with Crippen molar-refractivity contribution in [3.63, 3.8) is 0 Å². The third-order valence-corrected chi connectivity index (χ3v) is 1.97. The maximum atomic E-state index is 11.1. The van der Waals surface area contributed by atoms with E-state index in [0.717, 1.165) is 0 Å². The molecular formula is C11H14O4. The van der Waals surface area contributed by atoms with Gasteiger partial charge in [-0.2, -0.15) is 0 Å². The first-order valence-electron chi connectivity index (χ1n) is 4.74. The van der Waals surface area contributed by atoms with Crippen molar-refractivity contribution >= 4 is 5.97 Å². The Morgan fingerprint density at radius 1 is 1.33 bits per heavy atom. The Kier molecular flexibility index (Phi) is 4.27. The molecule has 0 aromatic heterocycles. The van der Waals surface area contributed by atoms with Crippen molar-refractivity contribution in [1.82, 2.24) is 0 Å². The van der Waals surface area contributed by atoms with E-state index in [1.165, 1.54) is 0 Å². The molecule has 0 fully saturated rings. The normalized spacial score (nSPS) is 14.3. The molecule has 1 rings (SSSR count). The lowest BCUT2D eigenvalue weighted by atomic mass is 10.0. The number of aliphatic hydroxyl groups excluding tert-OH is 2. The maximum absolute atomic E-state index is 11.1. The smallest absolute Gasteiger partial charge is 0.338 e. The number of ether oxygens (including phenoxy) is 1. The number of benzene rings is 1. The molecule has 0 saturated carbocycles. The van der Waals surface area contributed by atoms with E-state index in [1.54, 1.807) is 37.3 Å². The van der Waals surface area contributed by atoms with E-state index in [9.17, 15) is 15.0 Å². The zero-order valence-electron chi connectivity index (χ0n) is 8.46. The van der Waals surface area contributed by atoms with Crippen molar-refractivity contribution in [3.8, 4) is 0 Å². The van der Waals surface area contributed by atoms with Gasteiger partial charge in [-0.05, 0) is 12.5 Å². The second-order valence-electron chi connectivity index (χ2n) is 3.05. The van der Waals surface area contributed by atoms with E-state index in [1.807, 2.05) is 0 Å². The highest BCUT2D eigenvalue weighted by molar-refractivity contribution is 5.75. The molecule has 4 heteroatoms. The number of hydrogen-bond acceptors (Lipinski definition) is 4. The van der Waals surface area contributed by atoms with Crippen LogP contribution < -0.4 is 0 Å². The molecule has 0 aliphatic rings. The second-order valence-corrected chi connectivity index (χ2v) is 3.05. The summed E-state index contributed by atoms with van der Waals surface area (Å²) >= 11 is 0. The molecule has 0 saturated heterocycles. The molecule has 0 unspecified atom stereocenters. The fraction of sp³-hybridized carbons (Fsp3) is 0.364. The minimum atomic E-state index is -1.53. The predicted molar refractivity (Wildman–Crippen MR) is 54.0 cm³/mol. The van der Waals surface area contributed by atoms with Gasteiger partial charge in [-0.1, -0.05) is 30.3 Å². The van der Waals surface area contributed by atoms with Gasteiger partial charge in [0.2, 0.25) is 0 Å². The zero-order chi connectivity index (χ0) is 11.3. The van der Waals surface area contributed by atoms with Crippen LogP contribution in [0.5, 0.6) is 0 Å². The van der Waals surface area contributed by atoms with Gasteiger partial charge in [-0.3, -0.25) is 0 Å². The first-order valence-corrected chi connectivity index (χ1v) is 4.74. The third kappa shape index (κ3) is 3.04. The molecule has 2 N–H and O–H groups in total. The lowest BCUT2D eigenvalue weighted by Crippen LogP contribution is -2.29. The van der Waals surface area contributed by atoms with Gasteiger partial charge in [-0.25, -0.2) is 4.79 Å². The van der Waals surface area contributed by atoms with Crippen LogP contribution in [0.15, 0.2) is 30.3 Å². The third-order valence-electron chi connectivity index (χ3n) is 1.97. The first kappa shape index (κ1) is 11.7. The molecular weight excluding hydrogens is 196 g/mol. The van der Waals surface area contributed by atoms with E-state index < -0.39 is 18.2 Å². The van der Waals surface area contributed by atoms with Gasteiger partial charge >= 0.3 is 5.97 Å². The highest BCUT2D eigenvalue weighted by atomic mass is 16.5. The van der Waals surface area contributed by atoms with Gasteiger partial charge in [-0.15, -0.1) is 0 Å².